The average Bonchev–Trinajstić information content (AvgIpc) is 2.74. The highest BCUT2D eigenvalue weighted by Crippen LogP contribution is 2.37. The maximum absolute atomic E-state index is 6.03. The van der Waals surface area contributed by atoms with Crippen LogP contribution in [-0.4, -0.2) is 18.4 Å². The summed E-state index contributed by atoms with van der Waals surface area (Å²) >= 11 is 5.90. The number of rotatable bonds is 4. The molecule has 0 aromatic heterocycles. The first-order chi connectivity index (χ1) is 13.7. The average molecular weight is 394 g/mol. The molecule has 146 valence electrons. The van der Waals surface area contributed by atoms with E-state index in [1.54, 1.807) is 0 Å². The number of amidine groups is 1. The van der Waals surface area contributed by atoms with Gasteiger partial charge in [0.2, 0.25) is 0 Å². The van der Waals surface area contributed by atoms with E-state index < -0.39 is 0 Å². The fourth-order valence-electron chi connectivity index (χ4n) is 4.61. The van der Waals surface area contributed by atoms with Crippen molar-refractivity contribution >= 4 is 34.9 Å². The molecule has 2 aromatic rings. The van der Waals surface area contributed by atoms with Gasteiger partial charge in [-0.15, -0.1) is 0 Å². The fraction of sp³-hybridized carbons (Fsp3) is 0.375. The molecule has 2 atom stereocenters. The van der Waals surface area contributed by atoms with Crippen LogP contribution in [-0.2, 0) is 0 Å². The van der Waals surface area contributed by atoms with Crippen molar-refractivity contribution in [3.8, 4) is 0 Å². The molecule has 2 N–H and O–H groups in total. The van der Waals surface area contributed by atoms with Gasteiger partial charge in [0, 0.05) is 23.3 Å². The summed E-state index contributed by atoms with van der Waals surface area (Å²) in [5.74, 6) is 1.37. The van der Waals surface area contributed by atoms with Crippen LogP contribution in [0.3, 0.4) is 0 Å². The molecule has 1 saturated carbocycles. The molecular weight excluding hydrogens is 366 g/mol. The first-order valence-corrected chi connectivity index (χ1v) is 10.7. The van der Waals surface area contributed by atoms with Gasteiger partial charge in [0.25, 0.3) is 0 Å². The van der Waals surface area contributed by atoms with Crippen molar-refractivity contribution in [1.29, 1.82) is 0 Å². The van der Waals surface area contributed by atoms with Crippen LogP contribution < -0.4 is 10.6 Å². The minimum absolute atomic E-state index is 0.479. The first kappa shape index (κ1) is 19.1. The van der Waals surface area contributed by atoms with Crippen molar-refractivity contribution in [2.75, 3.05) is 11.4 Å². The maximum atomic E-state index is 6.03. The van der Waals surface area contributed by atoms with Crippen molar-refractivity contribution in [3.63, 3.8) is 0 Å². The van der Waals surface area contributed by atoms with Crippen molar-refractivity contribution in [3.05, 3.63) is 65.2 Å². The number of nitrogens with two attached hydrogens (primary N) is 1. The van der Waals surface area contributed by atoms with E-state index in [1.807, 2.05) is 36.4 Å². The van der Waals surface area contributed by atoms with Gasteiger partial charge in [0.1, 0.15) is 5.84 Å². The van der Waals surface area contributed by atoms with E-state index in [9.17, 15) is 0 Å². The monoisotopic (exact) mass is 393 g/mol. The van der Waals surface area contributed by atoms with E-state index in [1.165, 1.54) is 50.8 Å². The molecule has 0 radical (unpaired) electrons. The Balaban J connectivity index is 1.42. The van der Waals surface area contributed by atoms with Crippen molar-refractivity contribution in [2.24, 2.45) is 16.6 Å². The summed E-state index contributed by atoms with van der Waals surface area (Å²) in [4.78, 5) is 7.04. The molecule has 28 heavy (non-hydrogen) atoms. The predicted molar refractivity (Wildman–Crippen MR) is 121 cm³/mol. The van der Waals surface area contributed by atoms with Gasteiger partial charge < -0.3 is 10.6 Å². The minimum atomic E-state index is 0.479. The van der Waals surface area contributed by atoms with Gasteiger partial charge in [-0.2, -0.15) is 0 Å². The van der Waals surface area contributed by atoms with Gasteiger partial charge in [0.05, 0.1) is 5.69 Å². The molecule has 2 fully saturated rings. The Bertz CT molecular complexity index is 837. The number of nitrogens with zero attached hydrogens (tertiary/aromatic N) is 2. The van der Waals surface area contributed by atoms with Crippen LogP contribution in [0.2, 0.25) is 5.02 Å². The third-order valence-corrected chi connectivity index (χ3v) is 6.25. The Hall–Kier alpha value is -2.26. The lowest BCUT2D eigenvalue weighted by Gasteiger charge is -2.45. The van der Waals surface area contributed by atoms with Crippen molar-refractivity contribution < 1.29 is 0 Å². The van der Waals surface area contributed by atoms with Crippen molar-refractivity contribution in [1.82, 2.24) is 0 Å². The molecule has 4 rings (SSSR count). The molecule has 0 spiro atoms. The van der Waals surface area contributed by atoms with Gasteiger partial charge in [-0.05, 0) is 79.6 Å². The highest BCUT2D eigenvalue weighted by Gasteiger charge is 2.33. The summed E-state index contributed by atoms with van der Waals surface area (Å²) in [6.45, 7) is 1.19. The quantitative estimate of drug-likeness (QED) is 0.496. The topological polar surface area (TPSA) is 41.6 Å². The molecular formula is C24H28ClN3. The molecule has 2 aromatic carbocycles. The van der Waals surface area contributed by atoms with E-state index in [2.05, 4.69) is 34.2 Å². The number of anilines is 1. The summed E-state index contributed by atoms with van der Waals surface area (Å²) < 4.78 is 0. The van der Waals surface area contributed by atoms with Gasteiger partial charge in [0.15, 0.2) is 0 Å². The van der Waals surface area contributed by atoms with E-state index >= 15 is 0 Å². The van der Waals surface area contributed by atoms with Crippen LogP contribution in [0.1, 0.15) is 44.1 Å². The molecule has 1 aliphatic heterocycles. The van der Waals surface area contributed by atoms with Crippen LogP contribution in [0.5, 0.6) is 0 Å². The molecule has 1 heterocycles. The van der Waals surface area contributed by atoms with E-state index in [0.717, 1.165) is 23.2 Å². The lowest BCUT2D eigenvalue weighted by Crippen LogP contribution is -2.46. The molecule has 1 aliphatic carbocycles. The highest BCUT2D eigenvalue weighted by atomic mass is 35.5. The third-order valence-electron chi connectivity index (χ3n) is 6.00. The van der Waals surface area contributed by atoms with E-state index in [4.69, 9.17) is 17.3 Å². The number of hydrogen-bond acceptors (Lipinski definition) is 2. The SMILES string of the molecule is NC(/C=C/c1ccc(N2CCCC3CCCCC32)cc1)=Nc1ccc(Cl)cc1. The Labute approximate surface area is 172 Å². The molecule has 4 heteroatoms. The van der Waals surface area contributed by atoms with Crippen LogP contribution in [0.25, 0.3) is 6.08 Å². The zero-order valence-corrected chi connectivity index (χ0v) is 17.0. The minimum Gasteiger partial charge on any atom is -0.384 e. The Morgan fingerprint density at radius 1 is 0.964 bits per heavy atom. The molecule has 0 bridgehead atoms. The van der Waals surface area contributed by atoms with Crippen molar-refractivity contribution in [2.45, 2.75) is 44.6 Å². The molecule has 1 saturated heterocycles. The summed E-state index contributed by atoms with van der Waals surface area (Å²) in [6.07, 6.45) is 12.1. The molecule has 3 nitrogen and oxygen atoms in total. The van der Waals surface area contributed by atoms with Gasteiger partial charge in [-0.3, -0.25) is 0 Å². The van der Waals surface area contributed by atoms with Gasteiger partial charge in [-0.25, -0.2) is 4.99 Å². The maximum Gasteiger partial charge on any atom is 0.124 e. The summed E-state index contributed by atoms with van der Waals surface area (Å²) in [5, 5.41) is 0.696. The number of aliphatic imine (C=N–C) groups is 1. The Kier molecular flexibility index (Phi) is 6.01. The van der Waals surface area contributed by atoms with Gasteiger partial charge in [-0.1, -0.05) is 42.7 Å². The zero-order chi connectivity index (χ0) is 19.3. The molecule has 2 aliphatic rings. The highest BCUT2D eigenvalue weighted by molar-refractivity contribution is 6.30. The number of piperidine rings is 1. The molecule has 0 amide bonds. The summed E-state index contributed by atoms with van der Waals surface area (Å²) in [6, 6.07) is 16.9. The van der Waals surface area contributed by atoms with Crippen LogP contribution >= 0.6 is 11.6 Å². The third kappa shape index (κ3) is 4.59. The number of fused-ring (bicyclic) bond motifs is 1. The second kappa shape index (κ2) is 8.83. The summed E-state index contributed by atoms with van der Waals surface area (Å²) in [5.41, 5.74) is 9.33. The van der Waals surface area contributed by atoms with Crippen LogP contribution in [0.4, 0.5) is 11.4 Å². The standard InChI is InChI=1S/C24H28ClN3/c25-20-10-12-21(13-11-20)27-24(26)16-9-18-7-14-22(15-8-18)28-17-3-5-19-4-1-2-6-23(19)28/h7-16,19,23H,1-6,17H2,(H2,26,27)/b16-9+. The fourth-order valence-corrected chi connectivity index (χ4v) is 4.73. The van der Waals surface area contributed by atoms with Crippen LogP contribution in [0, 0.1) is 5.92 Å². The first-order valence-electron chi connectivity index (χ1n) is 10.3. The second-order valence-corrected chi connectivity index (χ2v) is 8.32. The largest absolute Gasteiger partial charge is 0.384 e. The van der Waals surface area contributed by atoms with E-state index in [-0.39, 0.29) is 0 Å². The van der Waals surface area contributed by atoms with Crippen LogP contribution in [0.15, 0.2) is 59.6 Å². The number of benzene rings is 2. The zero-order valence-electron chi connectivity index (χ0n) is 16.2. The second-order valence-electron chi connectivity index (χ2n) is 7.89. The molecule has 2 unspecified atom stereocenters. The predicted octanol–water partition coefficient (Wildman–Crippen LogP) is 6.20. The number of hydrogen-bond donors (Lipinski definition) is 1. The van der Waals surface area contributed by atoms with Gasteiger partial charge >= 0.3 is 0 Å². The lowest BCUT2D eigenvalue weighted by molar-refractivity contribution is 0.244. The summed E-state index contributed by atoms with van der Waals surface area (Å²) in [7, 11) is 0. The number of halogens is 1. The lowest BCUT2D eigenvalue weighted by atomic mass is 9.78. The Morgan fingerprint density at radius 3 is 2.46 bits per heavy atom. The normalized spacial score (nSPS) is 23.0. The van der Waals surface area contributed by atoms with E-state index in [0.29, 0.717) is 10.9 Å². The Morgan fingerprint density at radius 2 is 1.68 bits per heavy atom. The smallest absolute Gasteiger partial charge is 0.124 e.